The smallest absolute Gasteiger partial charge is 0.0611 e. The van der Waals surface area contributed by atoms with Crippen molar-refractivity contribution in [3.63, 3.8) is 0 Å². The summed E-state index contributed by atoms with van der Waals surface area (Å²) in [5.74, 6) is 2.48. The van der Waals surface area contributed by atoms with Crippen LogP contribution in [-0.4, -0.2) is 24.6 Å². The summed E-state index contributed by atoms with van der Waals surface area (Å²) < 4.78 is 1.09. The van der Waals surface area contributed by atoms with Crippen LogP contribution < -0.4 is 10.6 Å². The SMILES string of the molecule is CN(c1cc(Br)ccc1N)C1CCSC1. The highest BCUT2D eigenvalue weighted by atomic mass is 79.9. The molecule has 0 amide bonds. The first-order valence-corrected chi connectivity index (χ1v) is 6.99. The second-order valence-corrected chi connectivity index (χ2v) is 5.90. The molecule has 1 atom stereocenters. The third kappa shape index (κ3) is 2.42. The van der Waals surface area contributed by atoms with Gasteiger partial charge in [-0.2, -0.15) is 11.8 Å². The zero-order valence-corrected chi connectivity index (χ0v) is 11.1. The molecule has 2 nitrogen and oxygen atoms in total. The topological polar surface area (TPSA) is 29.3 Å². The van der Waals surface area contributed by atoms with Gasteiger partial charge in [0.05, 0.1) is 11.4 Å². The van der Waals surface area contributed by atoms with Gasteiger partial charge >= 0.3 is 0 Å². The Balaban J connectivity index is 2.23. The van der Waals surface area contributed by atoms with Gasteiger partial charge in [0.15, 0.2) is 0 Å². The summed E-state index contributed by atoms with van der Waals surface area (Å²) in [6.07, 6.45) is 1.26. The van der Waals surface area contributed by atoms with Crippen molar-refractivity contribution >= 4 is 39.1 Å². The van der Waals surface area contributed by atoms with Crippen LogP contribution in [0.25, 0.3) is 0 Å². The Labute approximate surface area is 103 Å². The van der Waals surface area contributed by atoms with Crippen molar-refractivity contribution < 1.29 is 0 Å². The van der Waals surface area contributed by atoms with Gasteiger partial charge in [0.1, 0.15) is 0 Å². The van der Waals surface area contributed by atoms with Crippen molar-refractivity contribution in [1.29, 1.82) is 0 Å². The van der Waals surface area contributed by atoms with Crippen molar-refractivity contribution in [3.8, 4) is 0 Å². The molecule has 1 aromatic carbocycles. The second kappa shape index (κ2) is 4.66. The summed E-state index contributed by atoms with van der Waals surface area (Å²) in [6, 6.07) is 6.67. The molecule has 0 saturated carbocycles. The highest BCUT2D eigenvalue weighted by molar-refractivity contribution is 9.10. The molecule has 1 aromatic rings. The Bertz CT molecular complexity index is 350. The fourth-order valence-corrected chi connectivity index (χ4v) is 3.46. The van der Waals surface area contributed by atoms with Crippen molar-refractivity contribution in [2.24, 2.45) is 0 Å². The number of nitrogens with zero attached hydrogens (tertiary/aromatic N) is 1. The van der Waals surface area contributed by atoms with Gasteiger partial charge in [-0.05, 0) is 30.4 Å². The average Bonchev–Trinajstić information content (AvgIpc) is 2.74. The van der Waals surface area contributed by atoms with Crippen LogP contribution in [0.1, 0.15) is 6.42 Å². The Hall–Kier alpha value is -0.350. The van der Waals surface area contributed by atoms with Crippen LogP contribution in [0.5, 0.6) is 0 Å². The number of nitrogen functional groups attached to an aromatic ring is 1. The Morgan fingerprint density at radius 1 is 1.53 bits per heavy atom. The number of anilines is 2. The standard InChI is InChI=1S/C11H15BrN2S/c1-14(9-4-5-15-7-9)11-6-8(12)2-3-10(11)13/h2-3,6,9H,4-5,7,13H2,1H3. The van der Waals surface area contributed by atoms with Crippen LogP contribution in [0.4, 0.5) is 11.4 Å². The molecule has 0 aromatic heterocycles. The van der Waals surface area contributed by atoms with Gasteiger partial charge in [0.2, 0.25) is 0 Å². The van der Waals surface area contributed by atoms with Gasteiger partial charge in [-0.25, -0.2) is 0 Å². The zero-order chi connectivity index (χ0) is 10.8. The maximum Gasteiger partial charge on any atom is 0.0611 e. The van der Waals surface area contributed by atoms with Gasteiger partial charge in [0.25, 0.3) is 0 Å². The van der Waals surface area contributed by atoms with Crippen molar-refractivity contribution in [2.75, 3.05) is 29.2 Å². The van der Waals surface area contributed by atoms with E-state index in [9.17, 15) is 0 Å². The highest BCUT2D eigenvalue weighted by Gasteiger charge is 2.21. The lowest BCUT2D eigenvalue weighted by Gasteiger charge is -2.27. The molecule has 2 N–H and O–H groups in total. The van der Waals surface area contributed by atoms with E-state index in [0.717, 1.165) is 15.8 Å². The minimum absolute atomic E-state index is 0.631. The van der Waals surface area contributed by atoms with Gasteiger partial charge < -0.3 is 10.6 Å². The fourth-order valence-electron chi connectivity index (χ4n) is 1.85. The molecule has 1 saturated heterocycles. The number of thioether (sulfide) groups is 1. The summed E-state index contributed by atoms with van der Waals surface area (Å²) in [5.41, 5.74) is 7.98. The van der Waals surface area contributed by atoms with E-state index < -0.39 is 0 Å². The fraction of sp³-hybridized carbons (Fsp3) is 0.455. The maximum absolute atomic E-state index is 5.99. The summed E-state index contributed by atoms with van der Waals surface area (Å²) >= 11 is 5.51. The van der Waals surface area contributed by atoms with Crippen LogP contribution in [0.2, 0.25) is 0 Å². The second-order valence-electron chi connectivity index (χ2n) is 3.83. The van der Waals surface area contributed by atoms with Gasteiger partial charge in [-0.15, -0.1) is 0 Å². The summed E-state index contributed by atoms with van der Waals surface area (Å²) in [7, 11) is 2.13. The first-order chi connectivity index (χ1) is 7.18. The summed E-state index contributed by atoms with van der Waals surface area (Å²) in [4.78, 5) is 2.31. The summed E-state index contributed by atoms with van der Waals surface area (Å²) in [6.45, 7) is 0. The average molecular weight is 287 g/mol. The maximum atomic E-state index is 5.99. The van der Waals surface area contributed by atoms with E-state index in [1.54, 1.807) is 0 Å². The molecule has 1 fully saturated rings. The van der Waals surface area contributed by atoms with Crippen molar-refractivity contribution in [3.05, 3.63) is 22.7 Å². The minimum atomic E-state index is 0.631. The number of rotatable bonds is 2. The zero-order valence-electron chi connectivity index (χ0n) is 8.74. The number of hydrogen-bond acceptors (Lipinski definition) is 3. The van der Waals surface area contributed by atoms with Crippen LogP contribution in [0, 0.1) is 0 Å². The Morgan fingerprint density at radius 2 is 2.33 bits per heavy atom. The Morgan fingerprint density at radius 3 is 3.00 bits per heavy atom. The van der Waals surface area contributed by atoms with E-state index >= 15 is 0 Å². The Kier molecular flexibility index (Phi) is 3.46. The number of hydrogen-bond donors (Lipinski definition) is 1. The highest BCUT2D eigenvalue weighted by Crippen LogP contribution is 2.31. The molecule has 0 spiro atoms. The third-order valence-corrected chi connectivity index (χ3v) is 4.46. The van der Waals surface area contributed by atoms with Crippen LogP contribution in [0.15, 0.2) is 22.7 Å². The van der Waals surface area contributed by atoms with Crippen molar-refractivity contribution in [1.82, 2.24) is 0 Å². The molecular weight excluding hydrogens is 272 g/mol. The van der Waals surface area contributed by atoms with Gasteiger partial charge in [0, 0.05) is 23.3 Å². The molecule has 15 heavy (non-hydrogen) atoms. The normalized spacial score (nSPS) is 20.5. The van der Waals surface area contributed by atoms with Crippen LogP contribution in [0.3, 0.4) is 0 Å². The molecule has 1 aliphatic rings. The van der Waals surface area contributed by atoms with E-state index in [-0.39, 0.29) is 0 Å². The van der Waals surface area contributed by atoms with Crippen molar-refractivity contribution in [2.45, 2.75) is 12.5 Å². The van der Waals surface area contributed by atoms with E-state index in [1.807, 2.05) is 23.9 Å². The first-order valence-electron chi connectivity index (χ1n) is 5.04. The molecule has 1 aliphatic heterocycles. The lowest BCUT2D eigenvalue weighted by molar-refractivity contribution is 0.701. The predicted molar refractivity (Wildman–Crippen MR) is 72.7 cm³/mol. The molecular formula is C11H15BrN2S. The van der Waals surface area contributed by atoms with Crippen LogP contribution in [-0.2, 0) is 0 Å². The van der Waals surface area contributed by atoms with E-state index in [4.69, 9.17) is 5.73 Å². The quantitative estimate of drug-likeness (QED) is 0.848. The molecule has 0 radical (unpaired) electrons. The molecule has 2 rings (SSSR count). The monoisotopic (exact) mass is 286 g/mol. The molecule has 0 aliphatic carbocycles. The lowest BCUT2D eigenvalue weighted by Crippen LogP contribution is -2.31. The molecule has 0 bridgehead atoms. The molecule has 82 valence electrons. The molecule has 1 unspecified atom stereocenters. The molecule has 1 heterocycles. The van der Waals surface area contributed by atoms with E-state index in [0.29, 0.717) is 6.04 Å². The van der Waals surface area contributed by atoms with Crippen LogP contribution >= 0.6 is 27.7 Å². The third-order valence-electron chi connectivity index (χ3n) is 2.83. The number of halogens is 1. The van der Waals surface area contributed by atoms with Gasteiger partial charge in [-0.1, -0.05) is 15.9 Å². The van der Waals surface area contributed by atoms with E-state index in [1.165, 1.54) is 17.9 Å². The summed E-state index contributed by atoms with van der Waals surface area (Å²) in [5, 5.41) is 0. The number of benzene rings is 1. The first kappa shape index (κ1) is 11.1. The number of nitrogens with two attached hydrogens (primary N) is 1. The van der Waals surface area contributed by atoms with E-state index in [2.05, 4.69) is 33.9 Å². The predicted octanol–water partition coefficient (Wildman–Crippen LogP) is 2.97. The lowest BCUT2D eigenvalue weighted by atomic mass is 10.2. The molecule has 4 heteroatoms. The minimum Gasteiger partial charge on any atom is -0.397 e. The van der Waals surface area contributed by atoms with Gasteiger partial charge in [-0.3, -0.25) is 0 Å². The largest absolute Gasteiger partial charge is 0.397 e.